The van der Waals surface area contributed by atoms with Crippen LogP contribution < -0.4 is 10.3 Å². The van der Waals surface area contributed by atoms with Gasteiger partial charge in [0.15, 0.2) is 0 Å². The lowest BCUT2D eigenvalue weighted by Gasteiger charge is -2.06. The van der Waals surface area contributed by atoms with E-state index in [0.29, 0.717) is 0 Å². The van der Waals surface area contributed by atoms with Crippen LogP contribution in [0.2, 0.25) is 5.02 Å². The number of nitrogens with one attached hydrogen (secondary N) is 1. The number of H-pyrrole nitrogens is 1. The second kappa shape index (κ2) is 5.30. The van der Waals surface area contributed by atoms with Crippen LogP contribution in [-0.4, -0.2) is 17.0 Å². The van der Waals surface area contributed by atoms with E-state index >= 15 is 0 Å². The molecule has 2 aromatic rings. The van der Waals surface area contributed by atoms with Crippen LogP contribution in [-0.2, 0) is 0 Å². The van der Waals surface area contributed by atoms with Crippen LogP contribution in [0.5, 0.6) is 5.88 Å². The summed E-state index contributed by atoms with van der Waals surface area (Å²) >= 11 is 5.74. The first-order valence-electron chi connectivity index (χ1n) is 5.35. The molecule has 0 atom stereocenters. The van der Waals surface area contributed by atoms with Crippen LogP contribution in [0.3, 0.4) is 0 Å². The number of hydrogen-bond donors (Lipinski definition) is 1. The number of benzene rings is 1. The van der Waals surface area contributed by atoms with Crippen molar-refractivity contribution in [2.45, 2.75) is 0 Å². The summed E-state index contributed by atoms with van der Waals surface area (Å²) in [6.45, 7) is 0. The van der Waals surface area contributed by atoms with Gasteiger partial charge in [0.2, 0.25) is 0 Å². The number of nitrogens with zero attached hydrogens (tertiary/aromatic N) is 1. The second-order valence-corrected chi connectivity index (χ2v) is 4.25. The van der Waals surface area contributed by atoms with Gasteiger partial charge in [0.25, 0.3) is 11.4 Å². The molecule has 8 heteroatoms. The molecule has 0 fully saturated rings. The molecule has 0 aliphatic rings. The van der Waals surface area contributed by atoms with Gasteiger partial charge in [0.1, 0.15) is 5.82 Å². The second-order valence-electron chi connectivity index (χ2n) is 3.81. The number of rotatable bonds is 3. The molecule has 0 unspecified atom stereocenters. The molecule has 1 aromatic heterocycles. The summed E-state index contributed by atoms with van der Waals surface area (Å²) in [5, 5.41) is 11.1. The Balaban J connectivity index is 2.75. The van der Waals surface area contributed by atoms with Crippen molar-refractivity contribution in [3.63, 3.8) is 0 Å². The van der Waals surface area contributed by atoms with Crippen LogP contribution in [0.15, 0.2) is 29.1 Å². The van der Waals surface area contributed by atoms with Crippen molar-refractivity contribution in [1.29, 1.82) is 0 Å². The molecule has 0 aliphatic heterocycles. The first-order chi connectivity index (χ1) is 9.43. The van der Waals surface area contributed by atoms with Crippen molar-refractivity contribution in [2.75, 3.05) is 7.11 Å². The zero-order valence-corrected chi connectivity index (χ0v) is 10.9. The highest BCUT2D eigenvalue weighted by Crippen LogP contribution is 2.29. The van der Waals surface area contributed by atoms with Gasteiger partial charge in [-0.2, -0.15) is 0 Å². The van der Waals surface area contributed by atoms with Gasteiger partial charge < -0.3 is 4.74 Å². The SMILES string of the molecule is COc1[nH]c(=O)c(-c2cc(Cl)ccc2F)cc1[N+](=O)[O-]. The average Bonchev–Trinajstić information content (AvgIpc) is 2.41. The van der Waals surface area contributed by atoms with Crippen molar-refractivity contribution in [1.82, 2.24) is 4.98 Å². The molecule has 20 heavy (non-hydrogen) atoms. The Bertz CT molecular complexity index is 745. The van der Waals surface area contributed by atoms with Gasteiger partial charge in [0.05, 0.1) is 17.6 Å². The van der Waals surface area contributed by atoms with Gasteiger partial charge in [-0.25, -0.2) is 4.39 Å². The third-order valence-electron chi connectivity index (χ3n) is 2.60. The summed E-state index contributed by atoms with van der Waals surface area (Å²) in [6, 6.07) is 4.56. The van der Waals surface area contributed by atoms with E-state index < -0.39 is 22.0 Å². The Morgan fingerprint density at radius 3 is 2.65 bits per heavy atom. The summed E-state index contributed by atoms with van der Waals surface area (Å²) in [4.78, 5) is 24.2. The summed E-state index contributed by atoms with van der Waals surface area (Å²) in [5.74, 6) is -1.01. The monoisotopic (exact) mass is 298 g/mol. The van der Waals surface area contributed by atoms with E-state index in [2.05, 4.69) is 4.98 Å². The quantitative estimate of drug-likeness (QED) is 0.697. The number of ether oxygens (including phenoxy) is 1. The van der Waals surface area contributed by atoms with Crippen molar-refractivity contribution in [3.05, 3.63) is 55.6 Å². The van der Waals surface area contributed by atoms with E-state index in [4.69, 9.17) is 16.3 Å². The maximum absolute atomic E-state index is 13.7. The van der Waals surface area contributed by atoms with Crippen LogP contribution in [0.1, 0.15) is 0 Å². The topological polar surface area (TPSA) is 85.2 Å². The van der Waals surface area contributed by atoms with Crippen LogP contribution >= 0.6 is 11.6 Å². The molecular formula is C12H8ClFN2O4. The summed E-state index contributed by atoms with van der Waals surface area (Å²) in [7, 11) is 1.18. The van der Waals surface area contributed by atoms with Gasteiger partial charge in [0, 0.05) is 16.7 Å². The Morgan fingerprint density at radius 2 is 2.05 bits per heavy atom. The van der Waals surface area contributed by atoms with E-state index in [1.54, 1.807) is 0 Å². The number of halogens is 2. The predicted octanol–water partition coefficient (Wildman–Crippen LogP) is 2.75. The number of methoxy groups -OCH3 is 1. The Kier molecular flexibility index (Phi) is 3.71. The number of aromatic nitrogens is 1. The standard InChI is InChI=1S/C12H8ClFN2O4/c1-20-12-10(16(18)19)5-8(11(17)15-12)7-4-6(13)2-3-9(7)14/h2-5H,1H3,(H,15,17). The van der Waals surface area contributed by atoms with Crippen molar-refractivity contribution in [3.8, 4) is 17.0 Å². The molecule has 0 saturated carbocycles. The average molecular weight is 299 g/mol. The van der Waals surface area contributed by atoms with E-state index in [0.717, 1.165) is 12.1 Å². The third-order valence-corrected chi connectivity index (χ3v) is 2.84. The fourth-order valence-electron chi connectivity index (χ4n) is 1.70. The number of nitro groups is 1. The smallest absolute Gasteiger partial charge is 0.329 e. The highest BCUT2D eigenvalue weighted by Gasteiger charge is 2.21. The highest BCUT2D eigenvalue weighted by molar-refractivity contribution is 6.30. The van der Waals surface area contributed by atoms with Crippen LogP contribution in [0, 0.1) is 15.9 Å². The minimum Gasteiger partial charge on any atom is -0.477 e. The minimum absolute atomic E-state index is 0.121. The molecule has 1 heterocycles. The Labute approximate surface area is 116 Å². The van der Waals surface area contributed by atoms with Crippen molar-refractivity contribution in [2.24, 2.45) is 0 Å². The molecule has 1 N–H and O–H groups in total. The molecule has 0 saturated heterocycles. The summed E-state index contributed by atoms with van der Waals surface area (Å²) in [6.07, 6.45) is 0. The minimum atomic E-state index is -0.735. The summed E-state index contributed by atoms with van der Waals surface area (Å²) < 4.78 is 18.5. The van der Waals surface area contributed by atoms with Gasteiger partial charge in [-0.05, 0) is 18.2 Å². The normalized spacial score (nSPS) is 10.3. The third kappa shape index (κ3) is 2.48. The van der Waals surface area contributed by atoms with Gasteiger partial charge in [-0.3, -0.25) is 19.9 Å². The van der Waals surface area contributed by atoms with Crippen LogP contribution in [0.25, 0.3) is 11.1 Å². The van der Waals surface area contributed by atoms with Gasteiger partial charge in [-0.1, -0.05) is 11.6 Å². The number of hydrogen-bond acceptors (Lipinski definition) is 4. The largest absolute Gasteiger partial charge is 0.477 e. The molecule has 1 aromatic carbocycles. The van der Waals surface area contributed by atoms with E-state index in [9.17, 15) is 19.3 Å². The highest BCUT2D eigenvalue weighted by atomic mass is 35.5. The fourth-order valence-corrected chi connectivity index (χ4v) is 1.87. The molecule has 0 bridgehead atoms. The number of pyridine rings is 1. The van der Waals surface area contributed by atoms with Crippen LogP contribution in [0.4, 0.5) is 10.1 Å². The molecule has 104 valence electrons. The van der Waals surface area contributed by atoms with Gasteiger partial charge in [-0.15, -0.1) is 0 Å². The zero-order valence-electron chi connectivity index (χ0n) is 10.1. The molecule has 6 nitrogen and oxygen atoms in total. The molecule has 0 spiro atoms. The molecular weight excluding hydrogens is 291 g/mol. The maximum atomic E-state index is 13.7. The zero-order chi connectivity index (χ0) is 14.9. The first-order valence-corrected chi connectivity index (χ1v) is 5.73. The lowest BCUT2D eigenvalue weighted by atomic mass is 10.1. The molecule has 0 radical (unpaired) electrons. The van der Waals surface area contributed by atoms with E-state index in [1.165, 1.54) is 19.2 Å². The predicted molar refractivity (Wildman–Crippen MR) is 70.7 cm³/mol. The van der Waals surface area contributed by atoms with Crippen molar-refractivity contribution < 1.29 is 14.1 Å². The van der Waals surface area contributed by atoms with E-state index in [1.807, 2.05) is 0 Å². The molecule has 0 aliphatic carbocycles. The summed E-state index contributed by atoms with van der Waals surface area (Å²) in [5.41, 5.74) is -1.50. The fraction of sp³-hybridized carbons (Fsp3) is 0.0833. The Morgan fingerprint density at radius 1 is 1.35 bits per heavy atom. The molecule has 0 amide bonds. The van der Waals surface area contributed by atoms with E-state index in [-0.39, 0.29) is 22.0 Å². The van der Waals surface area contributed by atoms with Gasteiger partial charge >= 0.3 is 5.69 Å². The number of aromatic amines is 1. The lowest BCUT2D eigenvalue weighted by molar-refractivity contribution is -0.386. The lowest BCUT2D eigenvalue weighted by Crippen LogP contribution is -2.12. The van der Waals surface area contributed by atoms with Crippen molar-refractivity contribution >= 4 is 17.3 Å². The molecule has 2 rings (SSSR count). The Hall–Kier alpha value is -2.41. The maximum Gasteiger partial charge on any atom is 0.329 e. The first kappa shape index (κ1) is 14.0.